The summed E-state index contributed by atoms with van der Waals surface area (Å²) in [5, 5.41) is 6.91. The first-order valence-electron chi connectivity index (χ1n) is 7.31. The molecule has 2 heterocycles. The highest BCUT2D eigenvalue weighted by atomic mass is 79.9. The Kier molecular flexibility index (Phi) is 3.97. The molecule has 1 saturated heterocycles. The van der Waals surface area contributed by atoms with Gasteiger partial charge in [0.2, 0.25) is 0 Å². The van der Waals surface area contributed by atoms with Gasteiger partial charge < -0.3 is 5.32 Å². The number of nitrogens with one attached hydrogen (secondary N) is 1. The van der Waals surface area contributed by atoms with Gasteiger partial charge in [-0.05, 0) is 11.6 Å². The van der Waals surface area contributed by atoms with E-state index in [2.05, 4.69) is 71.7 Å². The summed E-state index contributed by atoms with van der Waals surface area (Å²) in [5.41, 5.74) is 2.92. The molecule has 0 unspecified atom stereocenters. The number of nitrogens with zero attached hydrogens (tertiary/aromatic N) is 1. The average molecular weight is 365 g/mol. The third-order valence-electron chi connectivity index (χ3n) is 4.18. The third-order valence-corrected chi connectivity index (χ3v) is 5.72. The van der Waals surface area contributed by atoms with Crippen molar-refractivity contribution in [2.75, 3.05) is 13.1 Å². The molecule has 21 heavy (non-hydrogen) atoms. The first-order chi connectivity index (χ1) is 9.91. The summed E-state index contributed by atoms with van der Waals surface area (Å²) in [6.07, 6.45) is 1.02. The van der Waals surface area contributed by atoms with E-state index in [1.165, 1.54) is 20.7 Å². The number of halogens is 1. The van der Waals surface area contributed by atoms with Crippen molar-refractivity contribution in [1.82, 2.24) is 10.3 Å². The summed E-state index contributed by atoms with van der Waals surface area (Å²) in [7, 11) is 0. The monoisotopic (exact) mass is 364 g/mol. The van der Waals surface area contributed by atoms with E-state index in [4.69, 9.17) is 4.98 Å². The lowest BCUT2D eigenvalue weighted by Gasteiger charge is -2.43. The Hall–Kier alpha value is -0.710. The SMILES string of the molecule is CC(C)(C)c1csc(CC2(c3ccccc3Br)CNC2)n1. The summed E-state index contributed by atoms with van der Waals surface area (Å²) >= 11 is 5.51. The van der Waals surface area contributed by atoms with Gasteiger partial charge in [0.05, 0.1) is 10.7 Å². The van der Waals surface area contributed by atoms with Crippen molar-refractivity contribution in [1.29, 1.82) is 0 Å². The summed E-state index contributed by atoms with van der Waals surface area (Å²) < 4.78 is 1.21. The van der Waals surface area contributed by atoms with Gasteiger partial charge in [-0.3, -0.25) is 0 Å². The lowest BCUT2D eigenvalue weighted by molar-refractivity contribution is 0.273. The maximum Gasteiger partial charge on any atom is 0.0938 e. The molecule has 0 bridgehead atoms. The van der Waals surface area contributed by atoms with E-state index in [1.54, 1.807) is 11.3 Å². The fraction of sp³-hybridized carbons (Fsp3) is 0.471. The van der Waals surface area contributed by atoms with Crippen LogP contribution in [-0.2, 0) is 17.3 Å². The Labute approximate surface area is 139 Å². The summed E-state index contributed by atoms with van der Waals surface area (Å²) in [4.78, 5) is 4.88. The highest BCUT2D eigenvalue weighted by molar-refractivity contribution is 9.10. The van der Waals surface area contributed by atoms with Crippen LogP contribution in [0.25, 0.3) is 0 Å². The van der Waals surface area contributed by atoms with Crippen LogP contribution in [0, 0.1) is 0 Å². The molecule has 3 rings (SSSR count). The van der Waals surface area contributed by atoms with Crippen LogP contribution in [0.5, 0.6) is 0 Å². The van der Waals surface area contributed by atoms with Crippen LogP contribution in [0.3, 0.4) is 0 Å². The predicted octanol–water partition coefficient (Wildman–Crippen LogP) is 4.29. The first kappa shape index (κ1) is 15.2. The van der Waals surface area contributed by atoms with E-state index in [-0.39, 0.29) is 10.8 Å². The lowest BCUT2D eigenvalue weighted by Crippen LogP contribution is -2.58. The van der Waals surface area contributed by atoms with Crippen molar-refractivity contribution in [3.8, 4) is 0 Å². The Balaban J connectivity index is 1.88. The van der Waals surface area contributed by atoms with Crippen molar-refractivity contribution in [2.24, 2.45) is 0 Å². The van der Waals surface area contributed by atoms with E-state index in [1.807, 2.05) is 0 Å². The predicted molar refractivity (Wildman–Crippen MR) is 93.2 cm³/mol. The van der Waals surface area contributed by atoms with Crippen molar-refractivity contribution in [3.63, 3.8) is 0 Å². The number of rotatable bonds is 3. The summed E-state index contributed by atoms with van der Waals surface area (Å²) in [6, 6.07) is 8.58. The molecule has 0 radical (unpaired) electrons. The normalized spacial score (nSPS) is 17.5. The van der Waals surface area contributed by atoms with Crippen LogP contribution in [0.15, 0.2) is 34.1 Å². The van der Waals surface area contributed by atoms with Crippen LogP contribution in [0.4, 0.5) is 0 Å². The topological polar surface area (TPSA) is 24.9 Å². The molecule has 2 nitrogen and oxygen atoms in total. The van der Waals surface area contributed by atoms with Crippen LogP contribution in [0.2, 0.25) is 0 Å². The molecule has 112 valence electrons. The van der Waals surface area contributed by atoms with Gasteiger partial charge in [-0.1, -0.05) is 54.9 Å². The second-order valence-electron chi connectivity index (χ2n) is 6.92. The first-order valence-corrected chi connectivity index (χ1v) is 8.99. The molecule has 1 aromatic carbocycles. The average Bonchev–Trinajstić information content (AvgIpc) is 2.83. The van der Waals surface area contributed by atoms with Crippen LogP contribution in [-0.4, -0.2) is 18.1 Å². The molecule has 0 aliphatic carbocycles. The zero-order chi connectivity index (χ0) is 15.1. The molecule has 0 amide bonds. The van der Waals surface area contributed by atoms with Crippen LogP contribution >= 0.6 is 27.3 Å². The minimum atomic E-state index is 0.132. The lowest BCUT2D eigenvalue weighted by atomic mass is 9.73. The van der Waals surface area contributed by atoms with Crippen molar-refractivity contribution >= 4 is 27.3 Å². The van der Waals surface area contributed by atoms with E-state index in [0.29, 0.717) is 0 Å². The van der Waals surface area contributed by atoms with Gasteiger partial charge >= 0.3 is 0 Å². The van der Waals surface area contributed by atoms with E-state index in [0.717, 1.165) is 19.5 Å². The minimum Gasteiger partial charge on any atom is -0.315 e. The van der Waals surface area contributed by atoms with Crippen molar-refractivity contribution in [2.45, 2.75) is 38.0 Å². The van der Waals surface area contributed by atoms with E-state index >= 15 is 0 Å². The fourth-order valence-corrected chi connectivity index (χ4v) is 4.62. The molecular weight excluding hydrogens is 344 g/mol. The Bertz CT molecular complexity index is 638. The molecule has 1 aliphatic rings. The van der Waals surface area contributed by atoms with Gasteiger partial charge in [0.25, 0.3) is 0 Å². The number of hydrogen-bond donors (Lipinski definition) is 1. The van der Waals surface area contributed by atoms with Crippen molar-refractivity contribution in [3.05, 3.63) is 50.4 Å². The van der Waals surface area contributed by atoms with Gasteiger partial charge in [0, 0.05) is 40.2 Å². The number of thiazole rings is 1. The van der Waals surface area contributed by atoms with Crippen molar-refractivity contribution < 1.29 is 0 Å². The van der Waals surface area contributed by atoms with Crippen LogP contribution in [0.1, 0.15) is 37.0 Å². The molecule has 0 atom stereocenters. The summed E-state index contributed by atoms with van der Waals surface area (Å²) in [6.45, 7) is 8.72. The molecular formula is C17H21BrN2S. The zero-order valence-electron chi connectivity index (χ0n) is 12.7. The highest BCUT2D eigenvalue weighted by Crippen LogP contribution is 2.38. The maximum atomic E-state index is 4.88. The van der Waals surface area contributed by atoms with Crippen LogP contribution < -0.4 is 5.32 Å². The molecule has 0 saturated carbocycles. The molecule has 1 aromatic heterocycles. The third kappa shape index (κ3) is 2.94. The molecule has 4 heteroatoms. The van der Waals surface area contributed by atoms with Gasteiger partial charge in [-0.2, -0.15) is 0 Å². The minimum absolute atomic E-state index is 0.132. The summed E-state index contributed by atoms with van der Waals surface area (Å²) in [5.74, 6) is 0. The molecule has 1 aliphatic heterocycles. The quantitative estimate of drug-likeness (QED) is 0.878. The smallest absolute Gasteiger partial charge is 0.0938 e. The van der Waals surface area contributed by atoms with Gasteiger partial charge in [-0.15, -0.1) is 11.3 Å². The Morgan fingerprint density at radius 1 is 1.29 bits per heavy atom. The Morgan fingerprint density at radius 2 is 2.00 bits per heavy atom. The maximum absolute atomic E-state index is 4.88. The van der Waals surface area contributed by atoms with Gasteiger partial charge in [0.1, 0.15) is 0 Å². The van der Waals surface area contributed by atoms with Gasteiger partial charge in [-0.25, -0.2) is 4.98 Å². The second kappa shape index (κ2) is 5.49. The molecule has 0 spiro atoms. The fourth-order valence-electron chi connectivity index (χ4n) is 2.75. The molecule has 1 fully saturated rings. The highest BCUT2D eigenvalue weighted by Gasteiger charge is 2.40. The standard InChI is InChI=1S/C17H21BrN2S/c1-16(2,3)14-9-21-15(20-14)8-17(10-19-11-17)12-6-4-5-7-13(12)18/h4-7,9,19H,8,10-11H2,1-3H3. The second-order valence-corrected chi connectivity index (χ2v) is 8.71. The zero-order valence-corrected chi connectivity index (χ0v) is 15.1. The largest absolute Gasteiger partial charge is 0.315 e. The van der Waals surface area contributed by atoms with Gasteiger partial charge in [0.15, 0.2) is 0 Å². The number of benzene rings is 1. The number of hydrogen-bond acceptors (Lipinski definition) is 3. The number of aromatic nitrogens is 1. The molecule has 1 N–H and O–H groups in total. The van der Waals surface area contributed by atoms with E-state index < -0.39 is 0 Å². The Morgan fingerprint density at radius 3 is 2.52 bits per heavy atom. The van der Waals surface area contributed by atoms with E-state index in [9.17, 15) is 0 Å². The molecule has 2 aromatic rings.